The molecule has 2 saturated heterocycles. The molecule has 0 spiro atoms. The fourth-order valence-corrected chi connectivity index (χ4v) is 2.49. The molecule has 2 aliphatic rings. The Kier molecular flexibility index (Phi) is 3.54. The molecule has 116 valence electrons. The van der Waals surface area contributed by atoms with Gasteiger partial charge in [-0.3, -0.25) is 0 Å². The predicted molar refractivity (Wildman–Crippen MR) is 81.9 cm³/mol. The van der Waals surface area contributed by atoms with Crippen LogP contribution in [-0.2, 0) is 9.31 Å². The second kappa shape index (κ2) is 5.00. The fraction of sp³-hybridized carbons (Fsp3) is 0.786. The highest BCUT2D eigenvalue weighted by atomic mass is 16.7. The SMILES string of the molecule is CN1CCN(c2ncc(B3OC(C)(C)C(C)(C)O3)o2)CC1. The van der Waals surface area contributed by atoms with Crippen LogP contribution in [0.5, 0.6) is 0 Å². The first-order valence-electron chi connectivity index (χ1n) is 7.53. The van der Waals surface area contributed by atoms with Crippen molar-refractivity contribution in [2.45, 2.75) is 38.9 Å². The van der Waals surface area contributed by atoms with Crippen LogP contribution in [0.4, 0.5) is 6.01 Å². The minimum atomic E-state index is -0.483. The summed E-state index contributed by atoms with van der Waals surface area (Å²) in [6.45, 7) is 12.0. The number of nitrogens with zero attached hydrogens (tertiary/aromatic N) is 3. The Labute approximate surface area is 126 Å². The van der Waals surface area contributed by atoms with Crippen LogP contribution in [0.1, 0.15) is 27.7 Å². The van der Waals surface area contributed by atoms with E-state index in [-0.39, 0.29) is 11.2 Å². The Morgan fingerprint density at radius 3 is 2.19 bits per heavy atom. The lowest BCUT2D eigenvalue weighted by molar-refractivity contribution is 0.00578. The molecule has 21 heavy (non-hydrogen) atoms. The zero-order valence-corrected chi connectivity index (χ0v) is 13.5. The third kappa shape index (κ3) is 2.70. The topological polar surface area (TPSA) is 51.0 Å². The van der Waals surface area contributed by atoms with E-state index >= 15 is 0 Å². The van der Waals surface area contributed by atoms with Gasteiger partial charge in [0.2, 0.25) is 0 Å². The maximum absolute atomic E-state index is 5.99. The Morgan fingerprint density at radius 2 is 1.62 bits per heavy atom. The summed E-state index contributed by atoms with van der Waals surface area (Å²) in [6.07, 6.45) is 1.72. The fourth-order valence-electron chi connectivity index (χ4n) is 2.49. The second-order valence-corrected chi connectivity index (χ2v) is 6.92. The molecule has 0 radical (unpaired) electrons. The third-order valence-electron chi connectivity index (χ3n) is 4.77. The molecule has 7 heteroatoms. The standard InChI is InChI=1S/C14H24BN3O3/c1-13(2)14(3,4)21-15(20-13)11-10-16-12(19-11)18-8-6-17(5)7-9-18/h10H,6-9H2,1-5H3. The molecule has 0 bridgehead atoms. The Bertz CT molecular complexity index is 493. The van der Waals surface area contributed by atoms with Crippen molar-refractivity contribution >= 4 is 18.8 Å². The van der Waals surface area contributed by atoms with Gasteiger partial charge in [0.1, 0.15) is 0 Å². The van der Waals surface area contributed by atoms with E-state index < -0.39 is 7.12 Å². The van der Waals surface area contributed by atoms with Gasteiger partial charge in [-0.2, -0.15) is 0 Å². The molecule has 1 aromatic heterocycles. The maximum Gasteiger partial charge on any atom is 0.534 e. The van der Waals surface area contributed by atoms with Gasteiger partial charge in [0.05, 0.1) is 17.4 Å². The highest BCUT2D eigenvalue weighted by Gasteiger charge is 2.53. The first-order chi connectivity index (χ1) is 9.78. The maximum atomic E-state index is 5.99. The van der Waals surface area contributed by atoms with Crippen LogP contribution in [0.25, 0.3) is 0 Å². The van der Waals surface area contributed by atoms with Gasteiger partial charge in [-0.15, -0.1) is 0 Å². The highest BCUT2D eigenvalue weighted by molar-refractivity contribution is 6.60. The zero-order chi connectivity index (χ0) is 15.3. The summed E-state index contributed by atoms with van der Waals surface area (Å²) in [6, 6.07) is 0.660. The third-order valence-corrected chi connectivity index (χ3v) is 4.77. The molecule has 0 amide bonds. The zero-order valence-electron chi connectivity index (χ0n) is 13.5. The summed E-state index contributed by atoms with van der Waals surface area (Å²) >= 11 is 0. The molecule has 2 fully saturated rings. The molecule has 0 N–H and O–H groups in total. The highest BCUT2D eigenvalue weighted by Crippen LogP contribution is 2.36. The lowest BCUT2D eigenvalue weighted by Gasteiger charge is -2.32. The summed E-state index contributed by atoms with van der Waals surface area (Å²) in [5.74, 6) is 0. The van der Waals surface area contributed by atoms with E-state index in [0.717, 1.165) is 26.2 Å². The lowest BCUT2D eigenvalue weighted by atomic mass is 9.87. The summed E-state index contributed by atoms with van der Waals surface area (Å²) in [4.78, 5) is 8.85. The molecule has 0 aromatic carbocycles. The number of hydrogen-bond donors (Lipinski definition) is 0. The number of piperazine rings is 1. The molecule has 3 heterocycles. The Balaban J connectivity index is 1.71. The molecule has 1 aromatic rings. The minimum absolute atomic E-state index is 0.363. The van der Waals surface area contributed by atoms with E-state index in [1.54, 1.807) is 6.20 Å². The Hall–Kier alpha value is -1.05. The van der Waals surface area contributed by atoms with E-state index in [0.29, 0.717) is 11.7 Å². The Morgan fingerprint density at radius 1 is 1.05 bits per heavy atom. The quantitative estimate of drug-likeness (QED) is 0.749. The average Bonchev–Trinajstić information content (AvgIpc) is 2.94. The number of anilines is 1. The van der Waals surface area contributed by atoms with E-state index in [1.807, 2.05) is 27.7 Å². The van der Waals surface area contributed by atoms with E-state index in [2.05, 4.69) is 21.8 Å². The summed E-state index contributed by atoms with van der Waals surface area (Å²) in [5.41, 5.74) is -0.0840. The van der Waals surface area contributed by atoms with Gasteiger partial charge in [0.15, 0.2) is 5.66 Å². The molecule has 0 unspecified atom stereocenters. The molecular formula is C14H24BN3O3. The molecule has 0 aliphatic carbocycles. The molecule has 3 rings (SSSR count). The van der Waals surface area contributed by atoms with Crippen LogP contribution >= 0.6 is 0 Å². The van der Waals surface area contributed by atoms with Gasteiger partial charge >= 0.3 is 7.12 Å². The summed E-state index contributed by atoms with van der Waals surface area (Å²) in [7, 11) is 1.65. The number of aromatic nitrogens is 1. The van der Waals surface area contributed by atoms with Gasteiger partial charge in [0, 0.05) is 26.2 Å². The van der Waals surface area contributed by atoms with Gasteiger partial charge in [-0.25, -0.2) is 4.98 Å². The van der Waals surface area contributed by atoms with Crippen molar-refractivity contribution < 1.29 is 13.7 Å². The first-order valence-corrected chi connectivity index (χ1v) is 7.53. The first kappa shape index (κ1) is 14.9. The number of likely N-dealkylation sites (N-methyl/N-ethyl adjacent to an activating group) is 1. The molecule has 2 aliphatic heterocycles. The van der Waals surface area contributed by atoms with Crippen molar-refractivity contribution in [2.24, 2.45) is 0 Å². The van der Waals surface area contributed by atoms with E-state index in [1.165, 1.54) is 0 Å². The summed E-state index contributed by atoms with van der Waals surface area (Å²) in [5, 5.41) is 0. The van der Waals surface area contributed by atoms with Gasteiger partial charge in [-0.05, 0) is 34.7 Å². The second-order valence-electron chi connectivity index (χ2n) is 6.92. The van der Waals surface area contributed by atoms with Crippen LogP contribution in [0, 0.1) is 0 Å². The normalized spacial score (nSPS) is 25.6. The smallest absolute Gasteiger partial charge is 0.433 e. The summed E-state index contributed by atoms with van der Waals surface area (Å²) < 4.78 is 17.8. The minimum Gasteiger partial charge on any atom is -0.433 e. The van der Waals surface area contributed by atoms with Gasteiger partial charge < -0.3 is 23.5 Å². The van der Waals surface area contributed by atoms with Crippen molar-refractivity contribution in [3.05, 3.63) is 6.20 Å². The van der Waals surface area contributed by atoms with Crippen molar-refractivity contribution in [1.82, 2.24) is 9.88 Å². The van der Waals surface area contributed by atoms with E-state index in [9.17, 15) is 0 Å². The van der Waals surface area contributed by atoms with Gasteiger partial charge in [0.25, 0.3) is 6.01 Å². The van der Waals surface area contributed by atoms with Crippen molar-refractivity contribution in [1.29, 1.82) is 0 Å². The molecule has 0 saturated carbocycles. The van der Waals surface area contributed by atoms with Crippen LogP contribution in [0.3, 0.4) is 0 Å². The number of rotatable bonds is 2. The van der Waals surface area contributed by atoms with Crippen LogP contribution in [0.2, 0.25) is 0 Å². The van der Waals surface area contributed by atoms with Crippen LogP contribution in [-0.4, -0.2) is 61.4 Å². The van der Waals surface area contributed by atoms with Crippen LogP contribution in [0.15, 0.2) is 10.6 Å². The lowest BCUT2D eigenvalue weighted by Crippen LogP contribution is -2.44. The van der Waals surface area contributed by atoms with E-state index in [4.69, 9.17) is 13.7 Å². The predicted octanol–water partition coefficient (Wildman–Crippen LogP) is 0.726. The molecule has 6 nitrogen and oxygen atoms in total. The molecular weight excluding hydrogens is 269 g/mol. The average molecular weight is 293 g/mol. The van der Waals surface area contributed by atoms with Crippen molar-refractivity contribution in [3.8, 4) is 0 Å². The van der Waals surface area contributed by atoms with Gasteiger partial charge in [-0.1, -0.05) is 0 Å². The largest absolute Gasteiger partial charge is 0.534 e. The van der Waals surface area contributed by atoms with Crippen LogP contribution < -0.4 is 10.6 Å². The molecule has 0 atom stereocenters. The monoisotopic (exact) mass is 293 g/mol. The number of oxazole rings is 1. The van der Waals surface area contributed by atoms with Crippen molar-refractivity contribution in [2.75, 3.05) is 38.1 Å². The number of hydrogen-bond acceptors (Lipinski definition) is 6. The van der Waals surface area contributed by atoms with Crippen molar-refractivity contribution in [3.63, 3.8) is 0 Å².